The Labute approximate surface area is 125 Å². The number of nitrogens with one attached hydrogen (secondary N) is 1. The van der Waals surface area contributed by atoms with Gasteiger partial charge in [0.15, 0.2) is 0 Å². The van der Waals surface area contributed by atoms with Crippen LogP contribution in [-0.2, 0) is 6.54 Å². The molecule has 0 bridgehead atoms. The Morgan fingerprint density at radius 3 is 2.81 bits per heavy atom. The van der Waals surface area contributed by atoms with E-state index in [9.17, 15) is 4.39 Å². The van der Waals surface area contributed by atoms with Gasteiger partial charge in [0.05, 0.1) is 12.8 Å². The molecule has 2 aromatic rings. The van der Waals surface area contributed by atoms with Gasteiger partial charge in [-0.2, -0.15) is 0 Å². The second-order valence-electron chi connectivity index (χ2n) is 4.82. The van der Waals surface area contributed by atoms with Crippen LogP contribution < -0.4 is 10.1 Å². The average Bonchev–Trinajstić information content (AvgIpc) is 2.48. The molecular formula is C17H21FN2O. The van der Waals surface area contributed by atoms with E-state index in [-0.39, 0.29) is 5.82 Å². The topological polar surface area (TPSA) is 34.2 Å². The van der Waals surface area contributed by atoms with Crippen LogP contribution in [0, 0.1) is 5.82 Å². The Bertz CT molecular complexity index is 587. The molecule has 21 heavy (non-hydrogen) atoms. The molecule has 1 heterocycles. The summed E-state index contributed by atoms with van der Waals surface area (Å²) in [6.45, 7) is 6.19. The number of rotatable bonds is 7. The molecule has 112 valence electrons. The Kier molecular flexibility index (Phi) is 5.69. The molecule has 0 fully saturated rings. The van der Waals surface area contributed by atoms with E-state index in [0.717, 1.165) is 35.4 Å². The average molecular weight is 288 g/mol. The third-order valence-electron chi connectivity index (χ3n) is 3.14. The first-order chi connectivity index (χ1) is 10.2. The summed E-state index contributed by atoms with van der Waals surface area (Å²) in [5, 5.41) is 3.31. The summed E-state index contributed by atoms with van der Waals surface area (Å²) in [5.41, 5.74) is 2.85. The lowest BCUT2D eigenvalue weighted by atomic mass is 10.0. The quantitative estimate of drug-likeness (QED) is 0.787. The van der Waals surface area contributed by atoms with Gasteiger partial charge >= 0.3 is 0 Å². The van der Waals surface area contributed by atoms with Crippen molar-refractivity contribution in [3.63, 3.8) is 0 Å². The summed E-state index contributed by atoms with van der Waals surface area (Å²) in [4.78, 5) is 4.20. The molecule has 0 amide bonds. The van der Waals surface area contributed by atoms with Crippen molar-refractivity contribution in [1.82, 2.24) is 10.3 Å². The number of aromatic nitrogens is 1. The predicted octanol–water partition coefficient (Wildman–Crippen LogP) is 3.79. The molecule has 1 aromatic carbocycles. The summed E-state index contributed by atoms with van der Waals surface area (Å²) >= 11 is 0. The van der Waals surface area contributed by atoms with Crippen molar-refractivity contribution in [2.75, 3.05) is 13.2 Å². The lowest BCUT2D eigenvalue weighted by Gasteiger charge is -2.12. The first-order valence-electron chi connectivity index (χ1n) is 7.32. The van der Waals surface area contributed by atoms with Gasteiger partial charge in [-0.25, -0.2) is 4.39 Å². The van der Waals surface area contributed by atoms with Gasteiger partial charge in [-0.15, -0.1) is 0 Å². The smallest absolute Gasteiger partial charge is 0.138 e. The van der Waals surface area contributed by atoms with Gasteiger partial charge in [0.25, 0.3) is 0 Å². The molecule has 2 rings (SSSR count). The monoisotopic (exact) mass is 288 g/mol. The van der Waals surface area contributed by atoms with Crippen molar-refractivity contribution < 1.29 is 9.13 Å². The molecule has 4 heteroatoms. The molecule has 0 saturated heterocycles. The second kappa shape index (κ2) is 7.74. The van der Waals surface area contributed by atoms with Crippen LogP contribution in [0.5, 0.6) is 5.75 Å². The van der Waals surface area contributed by atoms with Gasteiger partial charge in [0, 0.05) is 18.3 Å². The molecule has 0 spiro atoms. The van der Waals surface area contributed by atoms with Gasteiger partial charge < -0.3 is 10.1 Å². The van der Waals surface area contributed by atoms with E-state index in [1.807, 2.05) is 13.0 Å². The number of halogens is 1. The molecule has 0 radical (unpaired) electrons. The van der Waals surface area contributed by atoms with Crippen molar-refractivity contribution in [2.45, 2.75) is 26.8 Å². The van der Waals surface area contributed by atoms with Crippen molar-refractivity contribution in [1.29, 1.82) is 0 Å². The van der Waals surface area contributed by atoms with Gasteiger partial charge in [-0.3, -0.25) is 4.98 Å². The van der Waals surface area contributed by atoms with E-state index in [4.69, 9.17) is 4.74 Å². The fourth-order valence-electron chi connectivity index (χ4n) is 2.20. The Morgan fingerprint density at radius 1 is 1.19 bits per heavy atom. The summed E-state index contributed by atoms with van der Waals surface area (Å²) in [7, 11) is 0. The van der Waals surface area contributed by atoms with Crippen molar-refractivity contribution in [3.8, 4) is 16.9 Å². The van der Waals surface area contributed by atoms with Crippen LogP contribution in [0.1, 0.15) is 25.8 Å². The molecule has 0 saturated carbocycles. The minimum Gasteiger partial charge on any atom is -0.492 e. The van der Waals surface area contributed by atoms with E-state index in [1.54, 1.807) is 24.5 Å². The molecule has 0 unspecified atom stereocenters. The van der Waals surface area contributed by atoms with E-state index in [0.29, 0.717) is 13.2 Å². The molecule has 0 atom stereocenters. The number of hydrogen-bond acceptors (Lipinski definition) is 3. The second-order valence-corrected chi connectivity index (χ2v) is 4.82. The Hall–Kier alpha value is -1.94. The zero-order valence-corrected chi connectivity index (χ0v) is 12.5. The molecule has 1 aromatic heterocycles. The molecule has 1 N–H and O–H groups in total. The summed E-state index contributed by atoms with van der Waals surface area (Å²) in [6.07, 6.45) is 4.51. The van der Waals surface area contributed by atoms with Crippen LogP contribution in [-0.4, -0.2) is 18.1 Å². The highest BCUT2D eigenvalue weighted by atomic mass is 19.1. The Morgan fingerprint density at radius 2 is 2.05 bits per heavy atom. The first-order valence-corrected chi connectivity index (χ1v) is 7.32. The molecule has 3 nitrogen and oxygen atoms in total. The van der Waals surface area contributed by atoms with E-state index in [2.05, 4.69) is 17.2 Å². The summed E-state index contributed by atoms with van der Waals surface area (Å²) < 4.78 is 19.0. The SMILES string of the molecule is CCCNCc1cc(F)ccc1-c1cncc(OCC)c1. The number of pyridine rings is 1. The van der Waals surface area contributed by atoms with Gasteiger partial charge in [0.1, 0.15) is 11.6 Å². The van der Waals surface area contributed by atoms with Crippen LogP contribution in [0.4, 0.5) is 4.39 Å². The van der Waals surface area contributed by atoms with Gasteiger partial charge in [-0.05, 0) is 49.2 Å². The fraction of sp³-hybridized carbons (Fsp3) is 0.353. The van der Waals surface area contributed by atoms with Crippen LogP contribution in [0.25, 0.3) is 11.1 Å². The van der Waals surface area contributed by atoms with Crippen LogP contribution >= 0.6 is 0 Å². The standard InChI is InChI=1S/C17H21FN2O/c1-3-7-19-10-13-8-15(18)5-6-17(13)14-9-16(21-4-2)12-20-11-14/h5-6,8-9,11-12,19H,3-4,7,10H2,1-2H3. The fourth-order valence-corrected chi connectivity index (χ4v) is 2.20. The van der Waals surface area contributed by atoms with Crippen molar-refractivity contribution >= 4 is 0 Å². The summed E-state index contributed by atoms with van der Waals surface area (Å²) in [5.74, 6) is 0.507. The highest BCUT2D eigenvalue weighted by Crippen LogP contribution is 2.26. The normalized spacial score (nSPS) is 10.6. The van der Waals surface area contributed by atoms with E-state index < -0.39 is 0 Å². The zero-order chi connectivity index (χ0) is 15.1. The minimum absolute atomic E-state index is 0.221. The third kappa shape index (κ3) is 4.26. The molecule has 0 aliphatic rings. The number of benzene rings is 1. The van der Waals surface area contributed by atoms with Gasteiger partial charge in [0.2, 0.25) is 0 Å². The first kappa shape index (κ1) is 15.4. The zero-order valence-electron chi connectivity index (χ0n) is 12.5. The maximum absolute atomic E-state index is 13.5. The largest absolute Gasteiger partial charge is 0.492 e. The molecule has 0 aliphatic heterocycles. The predicted molar refractivity (Wildman–Crippen MR) is 82.8 cm³/mol. The number of nitrogens with zero attached hydrogens (tertiary/aromatic N) is 1. The maximum atomic E-state index is 13.5. The lowest BCUT2D eigenvalue weighted by molar-refractivity contribution is 0.339. The number of ether oxygens (including phenoxy) is 1. The lowest BCUT2D eigenvalue weighted by Crippen LogP contribution is -2.14. The highest BCUT2D eigenvalue weighted by molar-refractivity contribution is 5.67. The van der Waals surface area contributed by atoms with E-state index in [1.165, 1.54) is 6.07 Å². The van der Waals surface area contributed by atoms with Crippen LogP contribution in [0.2, 0.25) is 0 Å². The van der Waals surface area contributed by atoms with Crippen LogP contribution in [0.3, 0.4) is 0 Å². The van der Waals surface area contributed by atoms with E-state index >= 15 is 0 Å². The molecular weight excluding hydrogens is 267 g/mol. The molecule has 0 aliphatic carbocycles. The van der Waals surface area contributed by atoms with Gasteiger partial charge in [-0.1, -0.05) is 13.0 Å². The maximum Gasteiger partial charge on any atom is 0.138 e. The van der Waals surface area contributed by atoms with Crippen molar-refractivity contribution in [3.05, 3.63) is 48.0 Å². The van der Waals surface area contributed by atoms with Crippen LogP contribution in [0.15, 0.2) is 36.7 Å². The number of hydrogen-bond donors (Lipinski definition) is 1. The summed E-state index contributed by atoms with van der Waals surface area (Å²) in [6, 6.07) is 6.79. The van der Waals surface area contributed by atoms with Crippen molar-refractivity contribution in [2.24, 2.45) is 0 Å². The highest BCUT2D eigenvalue weighted by Gasteiger charge is 2.08. The minimum atomic E-state index is -0.221. The third-order valence-corrected chi connectivity index (χ3v) is 3.14. The Balaban J connectivity index is 2.31.